The molecule has 1 aliphatic rings. The van der Waals surface area contributed by atoms with Crippen molar-refractivity contribution in [2.45, 2.75) is 31.7 Å². The number of ether oxygens (including phenoxy) is 4. The normalized spacial score (nSPS) is 12.9. The molecule has 0 unspecified atom stereocenters. The van der Waals surface area contributed by atoms with Crippen molar-refractivity contribution < 1.29 is 46.5 Å². The van der Waals surface area contributed by atoms with Crippen molar-refractivity contribution in [3.05, 3.63) is 45.8 Å². The highest BCUT2D eigenvalue weighted by molar-refractivity contribution is 7.89. The van der Waals surface area contributed by atoms with E-state index >= 15 is 0 Å². The molecular formula is C27H36N4O10S2. The van der Waals surface area contributed by atoms with E-state index in [1.54, 1.807) is 13.8 Å². The van der Waals surface area contributed by atoms with Gasteiger partial charge in [-0.2, -0.15) is 4.31 Å². The number of rotatable bonds is 13. The zero-order chi connectivity index (χ0) is 31.6. The molecule has 14 nitrogen and oxygen atoms in total. The molecule has 0 saturated carbocycles. The van der Waals surface area contributed by atoms with Crippen LogP contribution in [0.3, 0.4) is 0 Å². The maximum absolute atomic E-state index is 13.3. The average Bonchev–Trinajstić information content (AvgIpc) is 3.34. The van der Waals surface area contributed by atoms with Crippen LogP contribution in [0.4, 0.5) is 14.6 Å². The Labute approximate surface area is 254 Å². The molecule has 3 rings (SSSR count). The third-order valence-corrected chi connectivity index (χ3v) is 9.42. The van der Waals surface area contributed by atoms with Crippen LogP contribution in [0, 0.1) is 0 Å². The summed E-state index contributed by atoms with van der Waals surface area (Å²) in [5, 5.41) is 5.05. The van der Waals surface area contributed by atoms with Gasteiger partial charge in [0.05, 0.1) is 43.4 Å². The number of carbonyl (C=O) groups excluding carboxylic acids is 4. The number of anilines is 1. The van der Waals surface area contributed by atoms with Crippen LogP contribution < -0.4 is 10.6 Å². The van der Waals surface area contributed by atoms with Gasteiger partial charge in [0.1, 0.15) is 5.00 Å². The lowest BCUT2D eigenvalue weighted by molar-refractivity contribution is 0.0924. The Balaban J connectivity index is 1.87. The smallest absolute Gasteiger partial charge is 0.414 e. The van der Waals surface area contributed by atoms with Crippen LogP contribution in [-0.4, -0.2) is 102 Å². The summed E-state index contributed by atoms with van der Waals surface area (Å²) in [6.07, 6.45) is -1.14. The molecule has 2 heterocycles. The molecule has 43 heavy (non-hydrogen) atoms. The van der Waals surface area contributed by atoms with Crippen LogP contribution in [0.25, 0.3) is 0 Å². The molecule has 0 saturated heterocycles. The van der Waals surface area contributed by atoms with Gasteiger partial charge in [-0.25, -0.2) is 18.0 Å². The standard InChI is InChI=1S/C27H36N4O10S2/c1-5-40-26(34)29-24(33)22-20-11-12-30(27(35)41-6-2)17-21(20)42-25(22)28-23(32)18-7-9-19(10-8-18)43(36,37)31(13-15-38-3)14-16-39-4/h7-10H,5-6,11-17H2,1-4H3,(H,28,32)(H,29,33,34). The van der Waals surface area contributed by atoms with E-state index in [4.69, 9.17) is 18.9 Å². The number of nitrogens with zero attached hydrogens (tertiary/aromatic N) is 2. The molecule has 1 aliphatic heterocycles. The van der Waals surface area contributed by atoms with E-state index in [1.807, 2.05) is 0 Å². The zero-order valence-corrected chi connectivity index (χ0v) is 26.1. The SMILES string of the molecule is CCOC(=O)NC(=O)c1c(NC(=O)c2ccc(S(=O)(=O)N(CCOC)CCOC)cc2)sc2c1CCN(C(=O)OCC)C2. The molecule has 236 valence electrons. The molecule has 2 N–H and O–H groups in total. The van der Waals surface area contributed by atoms with Crippen LogP contribution >= 0.6 is 11.3 Å². The van der Waals surface area contributed by atoms with Crippen LogP contribution in [-0.2, 0) is 41.9 Å². The number of carbonyl (C=O) groups is 4. The van der Waals surface area contributed by atoms with Gasteiger partial charge in [-0.1, -0.05) is 0 Å². The van der Waals surface area contributed by atoms with Crippen molar-refractivity contribution in [3.8, 4) is 0 Å². The van der Waals surface area contributed by atoms with E-state index in [1.165, 1.54) is 47.7 Å². The zero-order valence-electron chi connectivity index (χ0n) is 24.5. The molecule has 0 bridgehead atoms. The van der Waals surface area contributed by atoms with E-state index in [2.05, 4.69) is 10.6 Å². The van der Waals surface area contributed by atoms with Gasteiger partial charge in [-0.3, -0.25) is 14.9 Å². The van der Waals surface area contributed by atoms with Gasteiger partial charge in [0.25, 0.3) is 11.8 Å². The minimum atomic E-state index is -3.90. The van der Waals surface area contributed by atoms with Gasteiger partial charge < -0.3 is 29.2 Å². The number of amides is 4. The first-order valence-corrected chi connectivity index (χ1v) is 15.8. The first-order valence-electron chi connectivity index (χ1n) is 13.5. The van der Waals surface area contributed by atoms with Gasteiger partial charge in [-0.15, -0.1) is 11.3 Å². The van der Waals surface area contributed by atoms with Crippen molar-refractivity contribution in [2.75, 3.05) is 65.6 Å². The van der Waals surface area contributed by atoms with Crippen LogP contribution in [0.2, 0.25) is 0 Å². The first kappa shape index (κ1) is 33.9. The molecule has 0 spiro atoms. The number of sulfonamides is 1. The molecule has 16 heteroatoms. The maximum atomic E-state index is 13.3. The summed E-state index contributed by atoms with van der Waals surface area (Å²) < 4.78 is 47.6. The second-order valence-corrected chi connectivity index (χ2v) is 12.2. The van der Waals surface area contributed by atoms with Crippen molar-refractivity contribution >= 4 is 50.4 Å². The Kier molecular flexibility index (Phi) is 12.4. The van der Waals surface area contributed by atoms with Crippen molar-refractivity contribution in [3.63, 3.8) is 0 Å². The van der Waals surface area contributed by atoms with Gasteiger partial charge in [0.15, 0.2) is 0 Å². The number of methoxy groups -OCH3 is 2. The highest BCUT2D eigenvalue weighted by Gasteiger charge is 2.32. The van der Waals surface area contributed by atoms with Crippen molar-refractivity contribution in [1.82, 2.24) is 14.5 Å². The van der Waals surface area contributed by atoms with E-state index in [-0.39, 0.29) is 73.6 Å². The number of thiophene rings is 1. The monoisotopic (exact) mass is 640 g/mol. The lowest BCUT2D eigenvalue weighted by atomic mass is 10.0. The second-order valence-electron chi connectivity index (χ2n) is 9.12. The molecule has 2 aromatic rings. The molecule has 0 radical (unpaired) electrons. The summed E-state index contributed by atoms with van der Waals surface area (Å²) in [6, 6.07) is 5.37. The summed E-state index contributed by atoms with van der Waals surface area (Å²) in [5.41, 5.74) is 0.822. The summed E-state index contributed by atoms with van der Waals surface area (Å²) in [6.45, 7) is 4.62. The number of imide groups is 1. The summed E-state index contributed by atoms with van der Waals surface area (Å²) >= 11 is 1.10. The second kappa shape index (κ2) is 15.8. The number of fused-ring (bicyclic) bond motifs is 1. The number of alkyl carbamates (subject to hydrolysis) is 1. The minimum Gasteiger partial charge on any atom is -0.450 e. The highest BCUT2D eigenvalue weighted by Crippen LogP contribution is 2.37. The molecule has 4 amide bonds. The quantitative estimate of drug-likeness (QED) is 0.332. The lowest BCUT2D eigenvalue weighted by Crippen LogP contribution is -2.37. The molecule has 0 fully saturated rings. The predicted octanol–water partition coefficient (Wildman–Crippen LogP) is 2.68. The molecule has 0 aliphatic carbocycles. The Morgan fingerprint density at radius 3 is 2.16 bits per heavy atom. The molecule has 1 aromatic heterocycles. The third-order valence-electron chi connectivity index (χ3n) is 6.37. The van der Waals surface area contributed by atoms with Gasteiger partial charge in [-0.05, 0) is 50.1 Å². The maximum Gasteiger partial charge on any atom is 0.414 e. The first-order chi connectivity index (χ1) is 20.6. The van der Waals surface area contributed by atoms with Gasteiger partial charge >= 0.3 is 12.2 Å². The van der Waals surface area contributed by atoms with E-state index in [0.29, 0.717) is 16.9 Å². The van der Waals surface area contributed by atoms with Crippen LogP contribution in [0.5, 0.6) is 0 Å². The fourth-order valence-corrected chi connectivity index (χ4v) is 6.93. The fraction of sp³-hybridized carbons (Fsp3) is 0.481. The van der Waals surface area contributed by atoms with Crippen molar-refractivity contribution in [1.29, 1.82) is 0 Å². The topological polar surface area (TPSA) is 170 Å². The Morgan fingerprint density at radius 2 is 1.58 bits per heavy atom. The highest BCUT2D eigenvalue weighted by atomic mass is 32.2. The van der Waals surface area contributed by atoms with Gasteiger partial charge in [0.2, 0.25) is 10.0 Å². The molecule has 0 atom stereocenters. The van der Waals surface area contributed by atoms with Crippen LogP contribution in [0.1, 0.15) is 45.0 Å². The Hall–Kier alpha value is -3.57. The van der Waals surface area contributed by atoms with E-state index < -0.39 is 34.0 Å². The molecule has 1 aromatic carbocycles. The summed E-state index contributed by atoms with van der Waals surface area (Å²) in [4.78, 5) is 52.8. The van der Waals surface area contributed by atoms with Gasteiger partial charge in [0, 0.05) is 44.3 Å². The number of benzene rings is 1. The molecular weight excluding hydrogens is 604 g/mol. The average molecular weight is 641 g/mol. The summed E-state index contributed by atoms with van der Waals surface area (Å²) in [5.74, 6) is -1.37. The van der Waals surface area contributed by atoms with E-state index in [0.717, 1.165) is 11.3 Å². The lowest BCUT2D eigenvalue weighted by Gasteiger charge is -2.26. The Bertz CT molecular complexity index is 1400. The number of hydrogen-bond acceptors (Lipinski definition) is 11. The summed E-state index contributed by atoms with van der Waals surface area (Å²) in [7, 11) is -0.949. The minimum absolute atomic E-state index is 0.0172. The number of hydrogen-bond donors (Lipinski definition) is 2. The largest absolute Gasteiger partial charge is 0.450 e. The van der Waals surface area contributed by atoms with E-state index in [9.17, 15) is 27.6 Å². The number of nitrogens with one attached hydrogen (secondary N) is 2. The predicted molar refractivity (Wildman–Crippen MR) is 157 cm³/mol. The fourth-order valence-electron chi connectivity index (χ4n) is 4.27. The Morgan fingerprint density at radius 1 is 0.953 bits per heavy atom. The van der Waals surface area contributed by atoms with Crippen LogP contribution in [0.15, 0.2) is 29.2 Å². The third kappa shape index (κ3) is 8.51. The van der Waals surface area contributed by atoms with Crippen molar-refractivity contribution in [2.24, 2.45) is 0 Å².